The van der Waals surface area contributed by atoms with E-state index >= 15 is 0 Å². The van der Waals surface area contributed by atoms with Crippen LogP contribution in [0, 0.1) is 0 Å². The number of anilines is 3. The minimum atomic E-state index is -0.429. The Balaban J connectivity index is 1.13. The van der Waals surface area contributed by atoms with Crippen LogP contribution < -0.4 is 4.90 Å². The average Bonchev–Trinajstić information content (AvgIpc) is 3.85. The number of aryl methyl sites for hydroxylation is 1. The van der Waals surface area contributed by atoms with E-state index in [1.54, 1.807) is 0 Å². The van der Waals surface area contributed by atoms with Gasteiger partial charge in [-0.25, -0.2) is 0 Å². The van der Waals surface area contributed by atoms with Gasteiger partial charge in [-0.2, -0.15) is 0 Å². The fraction of sp³-hybridized carbons (Fsp3) is 0.0566. The number of benzene rings is 8. The Hall–Kier alpha value is -6.42. The summed E-state index contributed by atoms with van der Waals surface area (Å²) in [4.78, 5) is 2.46. The highest BCUT2D eigenvalue weighted by Gasteiger charge is 2.51. The maximum atomic E-state index is 4.01. The first-order valence-electron chi connectivity index (χ1n) is 19.5. The monoisotopic (exact) mass is 778 g/mol. The largest absolute Gasteiger partial charge is 0.310 e. The summed E-state index contributed by atoms with van der Waals surface area (Å²) in [5.74, 6) is 0. The van der Waals surface area contributed by atoms with Gasteiger partial charge in [-0.05, 0) is 128 Å². The molecule has 0 fully saturated rings. The lowest BCUT2D eigenvalue weighted by Gasteiger charge is -2.32. The van der Waals surface area contributed by atoms with Gasteiger partial charge in [0.25, 0.3) is 0 Å². The molecule has 3 aliphatic rings. The summed E-state index contributed by atoms with van der Waals surface area (Å²) in [6.07, 6.45) is 6.75. The number of allylic oxidation sites excluding steroid dienone is 1. The van der Waals surface area contributed by atoms with Crippen LogP contribution in [0.5, 0.6) is 0 Å². The molecular weight excluding hydrogens is 745 g/mol. The molecule has 3 heteroatoms. The van der Waals surface area contributed by atoms with E-state index in [2.05, 4.69) is 213 Å². The molecule has 0 unspecified atom stereocenters. The SMILES string of the molecule is Brc1cc(N(c2ccc3c(c2)C2(c4ccccc4-c4ccccc42)c2ccccc2-3)c2ccc3ccccc3c2)cc(-n2c3c(c4ccccc42)CCC=C3)c1. The van der Waals surface area contributed by atoms with Crippen molar-refractivity contribution in [2.45, 2.75) is 18.3 Å². The van der Waals surface area contributed by atoms with Crippen molar-refractivity contribution >= 4 is 60.7 Å². The Morgan fingerprint density at radius 3 is 1.86 bits per heavy atom. The Bertz CT molecular complexity index is 3060. The van der Waals surface area contributed by atoms with Gasteiger partial charge in [-0.3, -0.25) is 0 Å². The molecule has 1 spiro atoms. The maximum Gasteiger partial charge on any atom is 0.0726 e. The third kappa shape index (κ3) is 4.38. The molecule has 0 radical (unpaired) electrons. The van der Waals surface area contributed by atoms with E-state index in [9.17, 15) is 0 Å². The number of nitrogens with zero attached hydrogens (tertiary/aromatic N) is 2. The normalized spacial score (nSPS) is 14.1. The number of hydrogen-bond acceptors (Lipinski definition) is 1. The van der Waals surface area contributed by atoms with Crippen molar-refractivity contribution in [2.24, 2.45) is 0 Å². The average molecular weight is 780 g/mol. The van der Waals surface area contributed by atoms with Gasteiger partial charge in [0.1, 0.15) is 0 Å². The third-order valence-corrected chi connectivity index (χ3v) is 12.9. The van der Waals surface area contributed by atoms with Crippen molar-refractivity contribution in [1.82, 2.24) is 4.57 Å². The summed E-state index contributed by atoms with van der Waals surface area (Å²) in [7, 11) is 0. The number of aromatic nitrogens is 1. The van der Waals surface area contributed by atoms with Gasteiger partial charge in [-0.1, -0.05) is 149 Å². The van der Waals surface area contributed by atoms with Crippen LogP contribution in [-0.2, 0) is 11.8 Å². The molecule has 12 rings (SSSR count). The molecule has 9 aromatic rings. The molecule has 1 aromatic heterocycles. The van der Waals surface area contributed by atoms with Crippen LogP contribution >= 0.6 is 15.9 Å². The number of fused-ring (bicyclic) bond motifs is 14. The molecule has 0 aliphatic heterocycles. The highest BCUT2D eigenvalue weighted by Crippen LogP contribution is 2.63. The van der Waals surface area contributed by atoms with E-state index in [4.69, 9.17) is 0 Å². The molecule has 0 saturated heterocycles. The van der Waals surface area contributed by atoms with E-state index in [0.29, 0.717) is 0 Å². The number of hydrogen-bond donors (Lipinski definition) is 0. The minimum Gasteiger partial charge on any atom is -0.310 e. The van der Waals surface area contributed by atoms with E-state index < -0.39 is 5.41 Å². The fourth-order valence-electron chi connectivity index (χ4n) is 10.3. The van der Waals surface area contributed by atoms with Crippen molar-refractivity contribution in [2.75, 3.05) is 4.90 Å². The van der Waals surface area contributed by atoms with Gasteiger partial charge >= 0.3 is 0 Å². The summed E-state index contributed by atoms with van der Waals surface area (Å²) >= 11 is 4.01. The zero-order valence-electron chi connectivity index (χ0n) is 30.6. The van der Waals surface area contributed by atoms with Gasteiger partial charge in [0.2, 0.25) is 0 Å². The quantitative estimate of drug-likeness (QED) is 0.173. The molecule has 3 aliphatic carbocycles. The predicted octanol–water partition coefficient (Wildman–Crippen LogP) is 14.3. The van der Waals surface area contributed by atoms with Gasteiger partial charge in [0.15, 0.2) is 0 Å². The van der Waals surface area contributed by atoms with Crippen LogP contribution in [-0.4, -0.2) is 4.57 Å². The first-order chi connectivity index (χ1) is 27.7. The highest BCUT2D eigenvalue weighted by molar-refractivity contribution is 9.10. The van der Waals surface area contributed by atoms with Gasteiger partial charge in [0.05, 0.1) is 10.9 Å². The predicted molar refractivity (Wildman–Crippen MR) is 237 cm³/mol. The van der Waals surface area contributed by atoms with Crippen LogP contribution in [0.15, 0.2) is 186 Å². The summed E-state index contributed by atoms with van der Waals surface area (Å²) in [6.45, 7) is 0. The van der Waals surface area contributed by atoms with Crippen molar-refractivity contribution in [3.63, 3.8) is 0 Å². The fourth-order valence-corrected chi connectivity index (χ4v) is 10.7. The van der Waals surface area contributed by atoms with E-state index in [0.717, 1.165) is 40.1 Å². The summed E-state index contributed by atoms with van der Waals surface area (Å²) in [5.41, 5.74) is 18.6. The van der Waals surface area contributed by atoms with Crippen molar-refractivity contribution in [3.05, 3.63) is 220 Å². The molecular formula is C53H35BrN2. The number of rotatable bonds is 4. The van der Waals surface area contributed by atoms with Gasteiger partial charge in [-0.15, -0.1) is 0 Å². The molecule has 1 heterocycles. The lowest BCUT2D eigenvalue weighted by atomic mass is 9.70. The van der Waals surface area contributed by atoms with Crippen molar-refractivity contribution in [1.29, 1.82) is 0 Å². The molecule has 8 aromatic carbocycles. The second-order valence-electron chi connectivity index (χ2n) is 15.3. The first-order valence-corrected chi connectivity index (χ1v) is 20.3. The first kappa shape index (κ1) is 31.9. The van der Waals surface area contributed by atoms with E-state index in [-0.39, 0.29) is 0 Å². The Morgan fingerprint density at radius 1 is 0.500 bits per heavy atom. The molecule has 0 atom stereocenters. The molecule has 56 heavy (non-hydrogen) atoms. The molecule has 0 bridgehead atoms. The third-order valence-electron chi connectivity index (χ3n) is 12.5. The van der Waals surface area contributed by atoms with Crippen molar-refractivity contribution in [3.8, 4) is 27.9 Å². The molecule has 264 valence electrons. The molecule has 0 saturated carbocycles. The Labute approximate surface area is 334 Å². The van der Waals surface area contributed by atoms with Gasteiger partial charge in [0, 0.05) is 38.3 Å². The number of para-hydroxylation sites is 1. The summed E-state index contributed by atoms with van der Waals surface area (Å²) in [6, 6.07) is 65.6. The van der Waals surface area contributed by atoms with E-state index in [1.807, 2.05) is 0 Å². The molecule has 0 N–H and O–H groups in total. The van der Waals surface area contributed by atoms with Crippen LogP contribution in [0.3, 0.4) is 0 Å². The van der Waals surface area contributed by atoms with Crippen LogP contribution in [0.4, 0.5) is 17.1 Å². The van der Waals surface area contributed by atoms with Crippen LogP contribution in [0.1, 0.15) is 39.9 Å². The lowest BCUT2D eigenvalue weighted by Crippen LogP contribution is -2.26. The minimum absolute atomic E-state index is 0.429. The summed E-state index contributed by atoms with van der Waals surface area (Å²) < 4.78 is 3.49. The standard InChI is InChI=1S/C53H35BrN2/c54-36-30-39(32-40(31-36)56-51-23-11-6-18-45(51)46-19-7-12-24-52(46)56)55(37-26-25-34-13-1-2-14-35(34)29-37)38-27-28-44-43-17-5-10-22-49(43)53(50(44)33-38)47-20-8-3-15-41(47)42-16-4-9-21-48(42)53/h1-6,8-18,20-33H,7,19H2. The smallest absolute Gasteiger partial charge is 0.0726 e. The second-order valence-corrected chi connectivity index (χ2v) is 16.2. The zero-order valence-corrected chi connectivity index (χ0v) is 32.2. The molecule has 2 nitrogen and oxygen atoms in total. The highest BCUT2D eigenvalue weighted by atomic mass is 79.9. The zero-order chi connectivity index (χ0) is 37.0. The van der Waals surface area contributed by atoms with Crippen LogP contribution in [0.2, 0.25) is 0 Å². The molecule has 0 amide bonds. The lowest BCUT2D eigenvalue weighted by molar-refractivity contribution is 0.793. The number of halogens is 1. The topological polar surface area (TPSA) is 8.17 Å². The second kappa shape index (κ2) is 12.0. The van der Waals surface area contributed by atoms with Crippen LogP contribution in [0.25, 0.3) is 55.7 Å². The van der Waals surface area contributed by atoms with E-state index in [1.165, 1.54) is 77.4 Å². The summed E-state index contributed by atoms with van der Waals surface area (Å²) in [5, 5.41) is 3.77. The maximum absolute atomic E-state index is 4.01. The Morgan fingerprint density at radius 2 is 1.11 bits per heavy atom. The Kier molecular flexibility index (Phi) is 6.85. The van der Waals surface area contributed by atoms with Crippen molar-refractivity contribution < 1.29 is 0 Å². The van der Waals surface area contributed by atoms with Gasteiger partial charge < -0.3 is 9.47 Å².